The standard InChI is InChI=1S/C8H12N2O3/c1-8(2,6(11)7(12)13)5-3-9-10-4-5/h3-4,6,11H,1-2H3,(H,9,10)(H,12,13). The van der Waals surface area contributed by atoms with Gasteiger partial charge in [-0.2, -0.15) is 5.10 Å². The van der Waals surface area contributed by atoms with Crippen molar-refractivity contribution in [3.63, 3.8) is 0 Å². The molecule has 0 amide bonds. The third-order valence-corrected chi connectivity index (χ3v) is 2.16. The van der Waals surface area contributed by atoms with Crippen LogP contribution in [0.5, 0.6) is 0 Å². The topological polar surface area (TPSA) is 86.2 Å². The van der Waals surface area contributed by atoms with Crippen molar-refractivity contribution in [3.05, 3.63) is 18.0 Å². The molecule has 0 aromatic carbocycles. The number of carbonyl (C=O) groups is 1. The van der Waals surface area contributed by atoms with Crippen LogP contribution in [0.4, 0.5) is 0 Å². The second-order valence-electron chi connectivity index (χ2n) is 3.45. The summed E-state index contributed by atoms with van der Waals surface area (Å²) in [4.78, 5) is 10.6. The number of hydrogen-bond acceptors (Lipinski definition) is 3. The molecule has 0 saturated heterocycles. The van der Waals surface area contributed by atoms with E-state index in [2.05, 4.69) is 10.2 Å². The van der Waals surface area contributed by atoms with Crippen LogP contribution in [-0.4, -0.2) is 32.5 Å². The zero-order valence-corrected chi connectivity index (χ0v) is 7.48. The predicted octanol–water partition coefficient (Wildman–Crippen LogP) is 0.133. The van der Waals surface area contributed by atoms with Crippen molar-refractivity contribution in [2.24, 2.45) is 0 Å². The van der Waals surface area contributed by atoms with Crippen molar-refractivity contribution in [2.45, 2.75) is 25.4 Å². The molecule has 72 valence electrons. The van der Waals surface area contributed by atoms with Gasteiger partial charge in [0.05, 0.1) is 6.20 Å². The normalized spacial score (nSPS) is 14.1. The third kappa shape index (κ3) is 1.70. The van der Waals surface area contributed by atoms with Gasteiger partial charge in [-0.25, -0.2) is 4.79 Å². The van der Waals surface area contributed by atoms with E-state index in [1.807, 2.05) is 0 Å². The van der Waals surface area contributed by atoms with Gasteiger partial charge < -0.3 is 10.2 Å². The zero-order chi connectivity index (χ0) is 10.1. The molecule has 5 nitrogen and oxygen atoms in total. The van der Waals surface area contributed by atoms with Crippen LogP contribution in [0, 0.1) is 0 Å². The van der Waals surface area contributed by atoms with Gasteiger partial charge in [-0.15, -0.1) is 0 Å². The summed E-state index contributed by atoms with van der Waals surface area (Å²) in [6, 6.07) is 0. The molecule has 0 aliphatic rings. The molecule has 1 aromatic rings. The fourth-order valence-corrected chi connectivity index (χ4v) is 1.07. The van der Waals surface area contributed by atoms with Gasteiger partial charge in [-0.3, -0.25) is 5.10 Å². The monoisotopic (exact) mass is 184 g/mol. The summed E-state index contributed by atoms with van der Waals surface area (Å²) in [6.45, 7) is 3.30. The summed E-state index contributed by atoms with van der Waals surface area (Å²) in [5.41, 5.74) is -0.166. The fraction of sp³-hybridized carbons (Fsp3) is 0.500. The molecular weight excluding hydrogens is 172 g/mol. The number of rotatable bonds is 3. The van der Waals surface area contributed by atoms with E-state index in [4.69, 9.17) is 5.11 Å². The quantitative estimate of drug-likeness (QED) is 0.623. The SMILES string of the molecule is CC(C)(c1cn[nH]c1)C(O)C(=O)O. The summed E-state index contributed by atoms with van der Waals surface area (Å²) in [5, 5.41) is 24.3. The largest absolute Gasteiger partial charge is 0.479 e. The zero-order valence-electron chi connectivity index (χ0n) is 7.48. The number of carboxylic acids is 1. The van der Waals surface area contributed by atoms with E-state index < -0.39 is 17.5 Å². The van der Waals surface area contributed by atoms with E-state index in [1.54, 1.807) is 20.0 Å². The average Bonchev–Trinajstić information content (AvgIpc) is 2.54. The molecule has 0 bridgehead atoms. The Hall–Kier alpha value is -1.36. The van der Waals surface area contributed by atoms with Crippen LogP contribution in [0.2, 0.25) is 0 Å². The average molecular weight is 184 g/mol. The molecule has 0 aliphatic carbocycles. The third-order valence-electron chi connectivity index (χ3n) is 2.16. The molecule has 1 aromatic heterocycles. The van der Waals surface area contributed by atoms with Crippen LogP contribution in [0.25, 0.3) is 0 Å². The molecule has 0 spiro atoms. The Kier molecular flexibility index (Phi) is 2.38. The number of aromatic nitrogens is 2. The summed E-state index contributed by atoms with van der Waals surface area (Å²) >= 11 is 0. The molecule has 0 fully saturated rings. The van der Waals surface area contributed by atoms with Crippen molar-refractivity contribution in [1.82, 2.24) is 10.2 Å². The molecule has 5 heteroatoms. The van der Waals surface area contributed by atoms with Gasteiger partial charge in [0.25, 0.3) is 0 Å². The predicted molar refractivity (Wildman–Crippen MR) is 45.3 cm³/mol. The smallest absolute Gasteiger partial charge is 0.333 e. The molecule has 1 unspecified atom stereocenters. The Morgan fingerprint density at radius 1 is 1.69 bits per heavy atom. The van der Waals surface area contributed by atoms with E-state index >= 15 is 0 Å². The Balaban J connectivity index is 2.95. The maximum Gasteiger partial charge on any atom is 0.333 e. The molecule has 0 saturated carbocycles. The molecule has 1 atom stereocenters. The van der Waals surface area contributed by atoms with Crippen LogP contribution in [0.15, 0.2) is 12.4 Å². The maximum absolute atomic E-state index is 10.6. The summed E-state index contributed by atoms with van der Waals surface area (Å²) in [5.74, 6) is -1.23. The van der Waals surface area contributed by atoms with Crippen molar-refractivity contribution in [1.29, 1.82) is 0 Å². The fourth-order valence-electron chi connectivity index (χ4n) is 1.07. The highest BCUT2D eigenvalue weighted by atomic mass is 16.4. The first kappa shape index (κ1) is 9.73. The van der Waals surface area contributed by atoms with Crippen LogP contribution in [0.1, 0.15) is 19.4 Å². The number of aromatic amines is 1. The molecule has 3 N–H and O–H groups in total. The Labute approximate surface area is 75.4 Å². The van der Waals surface area contributed by atoms with Gasteiger partial charge in [0.2, 0.25) is 0 Å². The van der Waals surface area contributed by atoms with E-state index in [1.165, 1.54) is 6.20 Å². The highest BCUT2D eigenvalue weighted by Gasteiger charge is 2.35. The van der Waals surface area contributed by atoms with Crippen LogP contribution in [0.3, 0.4) is 0 Å². The van der Waals surface area contributed by atoms with E-state index in [0.717, 1.165) is 0 Å². The lowest BCUT2D eigenvalue weighted by atomic mass is 9.81. The first-order chi connectivity index (χ1) is 5.96. The number of carboxylic acid groups (broad SMARTS) is 1. The first-order valence-corrected chi connectivity index (χ1v) is 3.86. The summed E-state index contributed by atoms with van der Waals surface area (Å²) in [6.07, 6.45) is 1.66. The van der Waals surface area contributed by atoms with E-state index in [-0.39, 0.29) is 0 Å². The Bertz CT molecular complexity index is 292. The summed E-state index contributed by atoms with van der Waals surface area (Å²) < 4.78 is 0. The van der Waals surface area contributed by atoms with Crippen molar-refractivity contribution < 1.29 is 15.0 Å². The highest BCUT2D eigenvalue weighted by Crippen LogP contribution is 2.26. The number of aliphatic carboxylic acids is 1. The van der Waals surface area contributed by atoms with Gasteiger partial charge in [-0.1, -0.05) is 13.8 Å². The van der Waals surface area contributed by atoms with Gasteiger partial charge in [0.15, 0.2) is 6.10 Å². The molecule has 0 radical (unpaired) electrons. The lowest BCUT2D eigenvalue weighted by molar-refractivity contribution is -0.150. The molecule has 0 aliphatic heterocycles. The van der Waals surface area contributed by atoms with Crippen LogP contribution >= 0.6 is 0 Å². The second-order valence-corrected chi connectivity index (χ2v) is 3.45. The van der Waals surface area contributed by atoms with Gasteiger partial charge in [-0.05, 0) is 5.56 Å². The maximum atomic E-state index is 10.6. The van der Waals surface area contributed by atoms with Crippen molar-refractivity contribution in [3.8, 4) is 0 Å². The molecule has 13 heavy (non-hydrogen) atoms. The second kappa shape index (κ2) is 3.18. The number of H-pyrrole nitrogens is 1. The minimum absolute atomic E-state index is 0.669. The van der Waals surface area contributed by atoms with Gasteiger partial charge in [0, 0.05) is 11.6 Å². The molecule has 1 rings (SSSR count). The van der Waals surface area contributed by atoms with E-state index in [0.29, 0.717) is 5.56 Å². The van der Waals surface area contributed by atoms with Gasteiger partial charge in [0.1, 0.15) is 0 Å². The number of aliphatic hydroxyl groups excluding tert-OH is 1. The number of aliphatic hydroxyl groups is 1. The van der Waals surface area contributed by atoms with Crippen molar-refractivity contribution >= 4 is 5.97 Å². The minimum atomic E-state index is -1.43. The van der Waals surface area contributed by atoms with E-state index in [9.17, 15) is 9.90 Å². The Morgan fingerprint density at radius 3 is 2.69 bits per heavy atom. The minimum Gasteiger partial charge on any atom is -0.479 e. The number of nitrogens with one attached hydrogen (secondary N) is 1. The number of hydrogen-bond donors (Lipinski definition) is 3. The van der Waals surface area contributed by atoms with Crippen LogP contribution in [-0.2, 0) is 10.2 Å². The lowest BCUT2D eigenvalue weighted by Crippen LogP contribution is -2.39. The summed E-state index contributed by atoms with van der Waals surface area (Å²) in [7, 11) is 0. The Morgan fingerprint density at radius 2 is 2.31 bits per heavy atom. The van der Waals surface area contributed by atoms with Crippen LogP contribution < -0.4 is 0 Å². The first-order valence-electron chi connectivity index (χ1n) is 3.86. The van der Waals surface area contributed by atoms with Crippen molar-refractivity contribution in [2.75, 3.05) is 0 Å². The van der Waals surface area contributed by atoms with Gasteiger partial charge >= 0.3 is 5.97 Å². The number of nitrogens with zero attached hydrogens (tertiary/aromatic N) is 1. The molecule has 1 heterocycles. The lowest BCUT2D eigenvalue weighted by Gasteiger charge is -2.26. The molecular formula is C8H12N2O3. The highest BCUT2D eigenvalue weighted by molar-refractivity contribution is 5.74.